The Morgan fingerprint density at radius 3 is 2.69 bits per heavy atom. The van der Waals surface area contributed by atoms with Crippen molar-refractivity contribution in [3.8, 4) is 5.88 Å². The lowest BCUT2D eigenvalue weighted by atomic mass is 10.1. The number of hydrogen-bond donors (Lipinski definition) is 1. The molecular weight excluding hydrogens is 442 g/mol. The van der Waals surface area contributed by atoms with Crippen LogP contribution in [0.4, 0.5) is 16.4 Å². The number of pyridine rings is 1. The molecule has 0 radical (unpaired) electrons. The van der Waals surface area contributed by atoms with Crippen LogP contribution in [0.5, 0.6) is 5.88 Å². The quantitative estimate of drug-likeness (QED) is 0.634. The molecule has 0 bridgehead atoms. The van der Waals surface area contributed by atoms with Crippen LogP contribution in [0, 0.1) is 6.92 Å². The molecule has 1 aliphatic heterocycles. The van der Waals surface area contributed by atoms with E-state index in [0.717, 1.165) is 15.9 Å². The summed E-state index contributed by atoms with van der Waals surface area (Å²) in [6.45, 7) is 6.65. The summed E-state index contributed by atoms with van der Waals surface area (Å²) in [4.78, 5) is 29.5. The fourth-order valence-electron chi connectivity index (χ4n) is 2.80. The summed E-state index contributed by atoms with van der Waals surface area (Å²) in [7, 11) is 0. The number of rotatable bonds is 6. The Kier molecular flexibility index (Phi) is 7.21. The van der Waals surface area contributed by atoms with E-state index in [1.165, 1.54) is 6.33 Å². The molecule has 2 aromatic rings. The lowest BCUT2D eigenvalue weighted by Crippen LogP contribution is -2.40. The van der Waals surface area contributed by atoms with Gasteiger partial charge >= 0.3 is 6.16 Å². The Hall–Kier alpha value is -2.46. The predicted molar refractivity (Wildman–Crippen MR) is 110 cm³/mol. The zero-order chi connectivity index (χ0) is 20.8. The molecule has 3 rings (SSSR count). The number of aromatic nitrogens is 3. The van der Waals surface area contributed by atoms with Gasteiger partial charge in [0.05, 0.1) is 6.10 Å². The lowest BCUT2D eigenvalue weighted by molar-refractivity contribution is -0.151. The topological polar surface area (TPSA) is 98.7 Å². The van der Waals surface area contributed by atoms with Crippen LogP contribution in [-0.4, -0.2) is 51.5 Å². The number of aryl methyl sites for hydroxylation is 1. The van der Waals surface area contributed by atoms with Gasteiger partial charge in [-0.25, -0.2) is 19.7 Å². The largest absolute Gasteiger partial charge is 0.528 e. The summed E-state index contributed by atoms with van der Waals surface area (Å²) in [5.74, 6) is 1.80. The summed E-state index contributed by atoms with van der Waals surface area (Å²) in [5.41, 5.74) is 0.990. The molecule has 0 spiro atoms. The minimum absolute atomic E-state index is 0.0220. The van der Waals surface area contributed by atoms with Gasteiger partial charge in [0.25, 0.3) is 0 Å². The first kappa shape index (κ1) is 21.3. The predicted octanol–water partition coefficient (Wildman–Crippen LogP) is 4.01. The second-order valence-electron chi connectivity index (χ2n) is 6.94. The molecule has 1 aliphatic rings. The van der Waals surface area contributed by atoms with E-state index in [1.807, 2.05) is 13.0 Å². The minimum Gasteiger partial charge on any atom is -0.474 e. The third-order valence-corrected chi connectivity index (χ3v) is 4.59. The third kappa shape index (κ3) is 6.53. The highest BCUT2D eigenvalue weighted by Crippen LogP contribution is 2.23. The summed E-state index contributed by atoms with van der Waals surface area (Å²) in [6.07, 6.45) is 3.67. The van der Waals surface area contributed by atoms with Crippen molar-refractivity contribution in [2.45, 2.75) is 45.8 Å². The van der Waals surface area contributed by atoms with Crippen LogP contribution in [0.3, 0.4) is 0 Å². The number of hydroxylamine groups is 2. The lowest BCUT2D eigenvalue weighted by Gasteiger charge is -2.30. The molecule has 1 fully saturated rings. The standard InChI is InChI=1S/C19H24BrN5O4/c1-12(2)27-19(26)29-25-6-4-15(5-7-25)28-17-9-16(22-11-23-17)24-18-13(3)8-14(20)10-21-18/h8-12,15H,4-7H2,1-3H3,(H,21,22,23,24). The number of anilines is 2. The van der Waals surface area contributed by atoms with Crippen LogP contribution in [-0.2, 0) is 9.57 Å². The monoisotopic (exact) mass is 465 g/mol. The van der Waals surface area contributed by atoms with Gasteiger partial charge in [0, 0.05) is 42.7 Å². The molecule has 10 heteroatoms. The highest BCUT2D eigenvalue weighted by Gasteiger charge is 2.24. The van der Waals surface area contributed by atoms with Crippen LogP contribution in [0.15, 0.2) is 29.1 Å². The van der Waals surface area contributed by atoms with Crippen molar-refractivity contribution >= 4 is 33.7 Å². The molecule has 9 nitrogen and oxygen atoms in total. The van der Waals surface area contributed by atoms with E-state index < -0.39 is 6.16 Å². The van der Waals surface area contributed by atoms with Gasteiger partial charge in [-0.05, 0) is 48.3 Å². The van der Waals surface area contributed by atoms with E-state index in [1.54, 1.807) is 31.2 Å². The molecule has 29 heavy (non-hydrogen) atoms. The van der Waals surface area contributed by atoms with Gasteiger partial charge in [-0.2, -0.15) is 0 Å². The van der Waals surface area contributed by atoms with Crippen LogP contribution < -0.4 is 10.1 Å². The van der Waals surface area contributed by atoms with Crippen molar-refractivity contribution in [3.05, 3.63) is 34.7 Å². The van der Waals surface area contributed by atoms with Gasteiger partial charge in [0.1, 0.15) is 24.1 Å². The number of piperidine rings is 1. The van der Waals surface area contributed by atoms with E-state index in [-0.39, 0.29) is 12.2 Å². The van der Waals surface area contributed by atoms with Gasteiger partial charge < -0.3 is 19.6 Å². The first-order valence-electron chi connectivity index (χ1n) is 9.40. The highest BCUT2D eigenvalue weighted by molar-refractivity contribution is 9.10. The van der Waals surface area contributed by atoms with Gasteiger partial charge in [0.15, 0.2) is 0 Å². The van der Waals surface area contributed by atoms with Crippen molar-refractivity contribution in [1.29, 1.82) is 0 Å². The van der Waals surface area contributed by atoms with Crippen molar-refractivity contribution < 1.29 is 19.1 Å². The Morgan fingerprint density at radius 1 is 1.24 bits per heavy atom. The number of nitrogens with zero attached hydrogens (tertiary/aromatic N) is 4. The average molecular weight is 466 g/mol. The maximum atomic E-state index is 11.6. The van der Waals surface area contributed by atoms with Gasteiger partial charge in [-0.15, -0.1) is 5.06 Å². The number of hydrogen-bond acceptors (Lipinski definition) is 9. The molecule has 3 heterocycles. The second kappa shape index (κ2) is 9.84. The fourth-order valence-corrected chi connectivity index (χ4v) is 3.24. The van der Waals surface area contributed by atoms with E-state index in [9.17, 15) is 4.79 Å². The molecule has 2 aromatic heterocycles. The smallest absolute Gasteiger partial charge is 0.474 e. The number of ether oxygens (including phenoxy) is 2. The second-order valence-corrected chi connectivity index (χ2v) is 7.86. The summed E-state index contributed by atoms with van der Waals surface area (Å²) in [6, 6.07) is 3.72. The minimum atomic E-state index is -0.678. The fraction of sp³-hybridized carbons (Fsp3) is 0.474. The normalized spacial score (nSPS) is 15.2. The summed E-state index contributed by atoms with van der Waals surface area (Å²) in [5, 5.41) is 4.78. The number of halogens is 1. The van der Waals surface area contributed by atoms with Crippen molar-refractivity contribution in [3.63, 3.8) is 0 Å². The first-order valence-corrected chi connectivity index (χ1v) is 10.2. The van der Waals surface area contributed by atoms with E-state index in [2.05, 4.69) is 36.2 Å². The summed E-state index contributed by atoms with van der Waals surface area (Å²) < 4.78 is 11.9. The maximum Gasteiger partial charge on any atom is 0.528 e. The van der Waals surface area contributed by atoms with Gasteiger partial charge in [-0.3, -0.25) is 0 Å². The molecule has 1 N–H and O–H groups in total. The van der Waals surface area contributed by atoms with Crippen molar-refractivity contribution in [2.24, 2.45) is 0 Å². The zero-order valence-corrected chi connectivity index (χ0v) is 18.2. The van der Waals surface area contributed by atoms with Gasteiger partial charge in [-0.1, -0.05) is 0 Å². The third-order valence-electron chi connectivity index (χ3n) is 4.16. The van der Waals surface area contributed by atoms with E-state index in [4.69, 9.17) is 14.3 Å². The van der Waals surface area contributed by atoms with Crippen LogP contribution >= 0.6 is 15.9 Å². The van der Waals surface area contributed by atoms with E-state index in [0.29, 0.717) is 37.6 Å². The molecule has 0 aliphatic carbocycles. The number of carbonyl (C=O) groups is 1. The Bertz CT molecular complexity index is 843. The van der Waals surface area contributed by atoms with Crippen molar-refractivity contribution in [1.82, 2.24) is 20.0 Å². The molecule has 0 amide bonds. The Morgan fingerprint density at radius 2 is 2.00 bits per heavy atom. The Labute approximate surface area is 177 Å². The van der Waals surface area contributed by atoms with Crippen LogP contribution in [0.1, 0.15) is 32.3 Å². The summed E-state index contributed by atoms with van der Waals surface area (Å²) >= 11 is 3.40. The number of nitrogens with one attached hydrogen (secondary N) is 1. The maximum absolute atomic E-state index is 11.6. The molecule has 1 saturated heterocycles. The molecular formula is C19H24BrN5O4. The molecule has 0 atom stereocenters. The molecule has 156 valence electrons. The first-order chi connectivity index (χ1) is 13.9. The SMILES string of the molecule is Cc1cc(Br)cnc1Nc1cc(OC2CCN(OC(=O)OC(C)C)CC2)ncn1. The van der Waals surface area contributed by atoms with Crippen LogP contribution in [0.25, 0.3) is 0 Å². The molecule has 0 unspecified atom stereocenters. The van der Waals surface area contributed by atoms with Gasteiger partial charge in [0.2, 0.25) is 5.88 Å². The average Bonchev–Trinajstić information content (AvgIpc) is 2.65. The molecule has 0 saturated carbocycles. The van der Waals surface area contributed by atoms with Crippen LogP contribution in [0.2, 0.25) is 0 Å². The zero-order valence-electron chi connectivity index (χ0n) is 16.6. The number of carbonyl (C=O) groups excluding carboxylic acids is 1. The van der Waals surface area contributed by atoms with E-state index >= 15 is 0 Å². The Balaban J connectivity index is 1.51. The molecule has 0 aromatic carbocycles. The highest BCUT2D eigenvalue weighted by atomic mass is 79.9. The van der Waals surface area contributed by atoms with Crippen molar-refractivity contribution in [2.75, 3.05) is 18.4 Å².